The van der Waals surface area contributed by atoms with Gasteiger partial charge >= 0.3 is 0 Å². The Morgan fingerprint density at radius 3 is 3.00 bits per heavy atom. The van der Waals surface area contributed by atoms with Crippen LogP contribution in [0.5, 0.6) is 0 Å². The zero-order valence-electron chi connectivity index (χ0n) is 9.66. The van der Waals surface area contributed by atoms with Crippen molar-refractivity contribution in [1.29, 1.82) is 0 Å². The Kier molecular flexibility index (Phi) is 4.61. The normalized spacial score (nSPS) is 23.1. The summed E-state index contributed by atoms with van der Waals surface area (Å²) in [5.74, 6) is -0.158. The summed E-state index contributed by atoms with van der Waals surface area (Å²) in [5.41, 5.74) is 6.16. The molecule has 98 valence electrons. The van der Waals surface area contributed by atoms with Crippen LogP contribution >= 0.6 is 27.5 Å². The maximum absolute atomic E-state index is 12.0. The van der Waals surface area contributed by atoms with Crippen LogP contribution in [0.1, 0.15) is 12.8 Å². The van der Waals surface area contributed by atoms with E-state index in [4.69, 9.17) is 22.1 Å². The van der Waals surface area contributed by atoms with Gasteiger partial charge in [-0.1, -0.05) is 17.7 Å². The van der Waals surface area contributed by atoms with E-state index in [1.165, 1.54) is 0 Å². The molecule has 1 amide bonds. The van der Waals surface area contributed by atoms with Crippen molar-refractivity contribution in [2.24, 2.45) is 5.73 Å². The zero-order valence-corrected chi connectivity index (χ0v) is 12.0. The largest absolute Gasteiger partial charge is 0.364 e. The van der Waals surface area contributed by atoms with Gasteiger partial charge in [-0.15, -0.1) is 0 Å². The summed E-state index contributed by atoms with van der Waals surface area (Å²) in [6, 6.07) is 5.31. The molecule has 1 saturated heterocycles. The molecule has 2 unspecified atom stereocenters. The van der Waals surface area contributed by atoms with Crippen molar-refractivity contribution in [1.82, 2.24) is 0 Å². The number of carbonyl (C=O) groups excluding carboxylic acids is 1. The van der Waals surface area contributed by atoms with Crippen LogP contribution in [-0.4, -0.2) is 24.7 Å². The van der Waals surface area contributed by atoms with Gasteiger partial charge in [-0.25, -0.2) is 0 Å². The molecule has 4 nitrogen and oxygen atoms in total. The highest BCUT2D eigenvalue weighted by molar-refractivity contribution is 9.10. The monoisotopic (exact) mass is 332 g/mol. The molecule has 0 saturated carbocycles. The number of rotatable bonds is 3. The molecule has 1 heterocycles. The van der Waals surface area contributed by atoms with E-state index < -0.39 is 6.10 Å². The maximum atomic E-state index is 12.0. The maximum Gasteiger partial charge on any atom is 0.253 e. The number of anilines is 1. The second-order valence-electron chi connectivity index (χ2n) is 4.15. The summed E-state index contributed by atoms with van der Waals surface area (Å²) in [4.78, 5) is 12.0. The van der Waals surface area contributed by atoms with E-state index in [2.05, 4.69) is 21.2 Å². The predicted molar refractivity (Wildman–Crippen MR) is 74.7 cm³/mol. The van der Waals surface area contributed by atoms with Crippen molar-refractivity contribution in [2.45, 2.75) is 25.0 Å². The van der Waals surface area contributed by atoms with Crippen LogP contribution in [-0.2, 0) is 9.53 Å². The molecule has 0 bridgehead atoms. The fraction of sp³-hybridized carbons (Fsp3) is 0.417. The number of halogens is 2. The number of hydrogen-bond donors (Lipinski definition) is 2. The topological polar surface area (TPSA) is 64.4 Å². The third-order valence-corrected chi connectivity index (χ3v) is 4.27. The first kappa shape index (κ1) is 13.8. The molecule has 3 N–H and O–H groups in total. The van der Waals surface area contributed by atoms with Gasteiger partial charge in [-0.05, 0) is 40.9 Å². The summed E-state index contributed by atoms with van der Waals surface area (Å²) >= 11 is 9.29. The van der Waals surface area contributed by atoms with Gasteiger partial charge in [0.25, 0.3) is 5.91 Å². The number of amides is 1. The Morgan fingerprint density at radius 1 is 1.56 bits per heavy atom. The minimum atomic E-state index is -0.426. The van der Waals surface area contributed by atoms with E-state index in [1.807, 2.05) is 0 Å². The molecule has 1 aliphatic rings. The second-order valence-corrected chi connectivity index (χ2v) is 5.35. The van der Waals surface area contributed by atoms with Crippen LogP contribution in [0.15, 0.2) is 22.7 Å². The number of nitrogens with one attached hydrogen (secondary N) is 1. The molecule has 0 radical (unpaired) electrons. The summed E-state index contributed by atoms with van der Waals surface area (Å²) in [7, 11) is 0. The quantitative estimate of drug-likeness (QED) is 0.893. The number of benzene rings is 1. The highest BCUT2D eigenvalue weighted by Crippen LogP contribution is 2.30. The molecule has 2 atom stereocenters. The zero-order chi connectivity index (χ0) is 13.1. The average Bonchev–Trinajstić information content (AvgIpc) is 2.83. The van der Waals surface area contributed by atoms with E-state index in [1.54, 1.807) is 18.2 Å². The molecule has 18 heavy (non-hydrogen) atoms. The van der Waals surface area contributed by atoms with Crippen LogP contribution in [0.2, 0.25) is 5.02 Å². The summed E-state index contributed by atoms with van der Waals surface area (Å²) < 4.78 is 6.20. The van der Waals surface area contributed by atoms with Gasteiger partial charge in [-0.3, -0.25) is 4.79 Å². The number of hydrogen-bond acceptors (Lipinski definition) is 3. The molecule has 6 heteroatoms. The fourth-order valence-corrected chi connectivity index (χ4v) is 2.42. The van der Waals surface area contributed by atoms with Crippen molar-refractivity contribution in [3.63, 3.8) is 0 Å². The van der Waals surface area contributed by atoms with Crippen molar-refractivity contribution in [3.8, 4) is 0 Å². The molecular weight excluding hydrogens is 320 g/mol. The SMILES string of the molecule is NCC1CCC(C(=O)Nc2cccc(Cl)c2Br)O1. The van der Waals surface area contributed by atoms with Gasteiger partial charge in [0.05, 0.1) is 21.3 Å². The first-order valence-electron chi connectivity index (χ1n) is 5.72. The molecule has 2 rings (SSSR count). The van der Waals surface area contributed by atoms with Crippen molar-refractivity contribution in [3.05, 3.63) is 27.7 Å². The van der Waals surface area contributed by atoms with Crippen LogP contribution < -0.4 is 11.1 Å². The first-order valence-corrected chi connectivity index (χ1v) is 6.89. The van der Waals surface area contributed by atoms with E-state index >= 15 is 0 Å². The number of ether oxygens (including phenoxy) is 1. The minimum Gasteiger partial charge on any atom is -0.364 e. The Morgan fingerprint density at radius 2 is 2.33 bits per heavy atom. The van der Waals surface area contributed by atoms with Crippen molar-refractivity contribution < 1.29 is 9.53 Å². The van der Waals surface area contributed by atoms with Crippen LogP contribution in [0.4, 0.5) is 5.69 Å². The predicted octanol–water partition coefficient (Wildman–Crippen LogP) is 2.55. The molecule has 0 spiro atoms. The van der Waals surface area contributed by atoms with Gasteiger partial charge < -0.3 is 15.8 Å². The number of nitrogens with two attached hydrogens (primary N) is 1. The number of carbonyl (C=O) groups is 1. The Balaban J connectivity index is 2.01. The standard InChI is InChI=1S/C12H14BrClN2O2/c13-11-8(14)2-1-3-9(11)16-12(17)10-5-4-7(6-15)18-10/h1-3,7,10H,4-6,15H2,(H,16,17). The van der Waals surface area contributed by atoms with Crippen LogP contribution in [0.3, 0.4) is 0 Å². The van der Waals surface area contributed by atoms with Gasteiger partial charge in [0.15, 0.2) is 0 Å². The Hall–Kier alpha value is -0.620. The summed E-state index contributed by atoms with van der Waals surface area (Å²) in [5, 5.41) is 3.36. The van der Waals surface area contributed by atoms with E-state index in [0.717, 1.165) is 6.42 Å². The van der Waals surface area contributed by atoms with Gasteiger partial charge in [0.2, 0.25) is 0 Å². The first-order chi connectivity index (χ1) is 8.61. The lowest BCUT2D eigenvalue weighted by Gasteiger charge is -2.13. The highest BCUT2D eigenvalue weighted by atomic mass is 79.9. The Labute approximate surface area is 119 Å². The molecule has 0 aromatic heterocycles. The lowest BCUT2D eigenvalue weighted by atomic mass is 10.2. The average molecular weight is 334 g/mol. The van der Waals surface area contributed by atoms with Crippen molar-refractivity contribution in [2.75, 3.05) is 11.9 Å². The fourth-order valence-electron chi connectivity index (χ4n) is 1.89. The lowest BCUT2D eigenvalue weighted by Crippen LogP contribution is -2.29. The summed E-state index contributed by atoms with van der Waals surface area (Å²) in [6.07, 6.45) is 1.09. The minimum absolute atomic E-state index is 0.0106. The van der Waals surface area contributed by atoms with Crippen LogP contribution in [0.25, 0.3) is 0 Å². The summed E-state index contributed by atoms with van der Waals surface area (Å²) in [6.45, 7) is 0.449. The van der Waals surface area contributed by atoms with E-state index in [9.17, 15) is 4.79 Å². The molecule has 1 fully saturated rings. The molecular formula is C12H14BrClN2O2. The lowest BCUT2D eigenvalue weighted by molar-refractivity contribution is -0.126. The van der Waals surface area contributed by atoms with Gasteiger partial charge in [0, 0.05) is 6.54 Å². The molecule has 1 aromatic carbocycles. The van der Waals surface area contributed by atoms with Crippen molar-refractivity contribution >= 4 is 39.1 Å². The van der Waals surface area contributed by atoms with E-state index in [0.29, 0.717) is 28.1 Å². The van der Waals surface area contributed by atoms with Crippen LogP contribution in [0, 0.1) is 0 Å². The third-order valence-electron chi connectivity index (χ3n) is 2.87. The third kappa shape index (κ3) is 3.03. The van der Waals surface area contributed by atoms with Gasteiger partial charge in [-0.2, -0.15) is 0 Å². The van der Waals surface area contributed by atoms with E-state index in [-0.39, 0.29) is 12.0 Å². The molecule has 1 aromatic rings. The smallest absolute Gasteiger partial charge is 0.253 e. The highest BCUT2D eigenvalue weighted by Gasteiger charge is 2.30. The molecule has 1 aliphatic heterocycles. The molecule has 0 aliphatic carbocycles. The van der Waals surface area contributed by atoms with Gasteiger partial charge in [0.1, 0.15) is 6.10 Å². The second kappa shape index (κ2) is 6.02. The Bertz CT molecular complexity index is 456.